The van der Waals surface area contributed by atoms with Crippen molar-refractivity contribution >= 4 is 19.3 Å². The molecule has 1 N–H and O–H groups in total. The Balaban J connectivity index is 1.71. The molecule has 31 heavy (non-hydrogen) atoms. The molecule has 0 unspecified atom stereocenters. The monoisotopic (exact) mass is 424 g/mol. The smallest absolute Gasteiger partial charge is 0.492 e. The van der Waals surface area contributed by atoms with Crippen LogP contribution >= 0.6 is 0 Å². The van der Waals surface area contributed by atoms with Crippen LogP contribution in [-0.2, 0) is 20.7 Å². The van der Waals surface area contributed by atoms with Gasteiger partial charge in [0.2, 0.25) is 0 Å². The summed E-state index contributed by atoms with van der Waals surface area (Å²) in [6.07, 6.45) is 2.96. The molecule has 1 amide bonds. The molecule has 0 aliphatic carbocycles. The number of methoxy groups -OCH3 is 1. The Labute approximate surface area is 183 Å². The number of pyridine rings is 1. The lowest BCUT2D eigenvalue weighted by atomic mass is 9.77. The molecule has 1 aliphatic heterocycles. The maximum Gasteiger partial charge on any atom is 0.492 e. The van der Waals surface area contributed by atoms with Crippen LogP contribution in [0.1, 0.15) is 39.0 Å². The SMILES string of the molecule is COc1ccc(C=C(CNC(=O)OCc2ccccc2)B2OC(C)(C)C(C)(C)O2)nc1. The van der Waals surface area contributed by atoms with Gasteiger partial charge >= 0.3 is 13.2 Å². The van der Waals surface area contributed by atoms with Crippen molar-refractivity contribution < 1.29 is 23.6 Å². The van der Waals surface area contributed by atoms with Crippen LogP contribution in [0, 0.1) is 0 Å². The van der Waals surface area contributed by atoms with Gasteiger partial charge in [0.25, 0.3) is 0 Å². The molecule has 2 heterocycles. The van der Waals surface area contributed by atoms with Crippen LogP contribution in [0.3, 0.4) is 0 Å². The lowest BCUT2D eigenvalue weighted by Crippen LogP contribution is -2.41. The zero-order chi connectivity index (χ0) is 22.5. The molecular weight excluding hydrogens is 395 g/mol. The van der Waals surface area contributed by atoms with Crippen LogP contribution in [0.25, 0.3) is 6.08 Å². The van der Waals surface area contributed by atoms with Gasteiger partial charge in [-0.15, -0.1) is 0 Å². The highest BCUT2D eigenvalue weighted by Gasteiger charge is 2.52. The molecular formula is C23H29BN2O5. The highest BCUT2D eigenvalue weighted by atomic mass is 16.7. The zero-order valence-electron chi connectivity index (χ0n) is 18.7. The minimum atomic E-state index is -0.622. The molecule has 164 valence electrons. The second kappa shape index (κ2) is 9.53. The molecule has 0 radical (unpaired) electrons. The fraction of sp³-hybridized carbons (Fsp3) is 0.391. The maximum absolute atomic E-state index is 12.3. The Bertz CT molecular complexity index is 897. The maximum atomic E-state index is 12.3. The topological polar surface area (TPSA) is 78.9 Å². The number of hydrogen-bond donors (Lipinski definition) is 1. The predicted molar refractivity (Wildman–Crippen MR) is 119 cm³/mol. The summed E-state index contributed by atoms with van der Waals surface area (Å²) < 4.78 is 22.8. The fourth-order valence-electron chi connectivity index (χ4n) is 2.93. The average Bonchev–Trinajstić information content (AvgIpc) is 2.97. The standard InChI is InChI=1S/C23H29BN2O5/c1-22(2)23(3,4)31-24(30-22)18(13-19-11-12-20(28-5)15-25-19)14-26-21(27)29-16-17-9-7-6-8-10-17/h6-13,15H,14,16H2,1-5H3,(H,26,27). The molecule has 1 aromatic carbocycles. The summed E-state index contributed by atoms with van der Waals surface area (Å²) in [5.41, 5.74) is 1.34. The molecule has 1 aromatic heterocycles. The number of aromatic nitrogens is 1. The first-order chi connectivity index (χ1) is 14.7. The molecule has 0 atom stereocenters. The summed E-state index contributed by atoms with van der Waals surface area (Å²) in [6, 6.07) is 13.2. The van der Waals surface area contributed by atoms with Crippen LogP contribution in [-0.4, -0.2) is 43.1 Å². The summed E-state index contributed by atoms with van der Waals surface area (Å²) >= 11 is 0. The third-order valence-corrected chi connectivity index (χ3v) is 5.53. The zero-order valence-corrected chi connectivity index (χ0v) is 18.7. The highest BCUT2D eigenvalue weighted by molar-refractivity contribution is 6.56. The largest absolute Gasteiger partial charge is 0.495 e. The summed E-state index contributed by atoms with van der Waals surface area (Å²) in [5.74, 6) is 0.664. The number of benzene rings is 1. The Morgan fingerprint density at radius 3 is 2.35 bits per heavy atom. The van der Waals surface area contributed by atoms with Crippen molar-refractivity contribution in [3.8, 4) is 5.75 Å². The van der Waals surface area contributed by atoms with E-state index < -0.39 is 24.4 Å². The Morgan fingerprint density at radius 2 is 1.77 bits per heavy atom. The van der Waals surface area contributed by atoms with E-state index in [9.17, 15) is 4.79 Å². The Hall–Kier alpha value is -2.84. The van der Waals surface area contributed by atoms with Crippen molar-refractivity contribution in [2.75, 3.05) is 13.7 Å². The van der Waals surface area contributed by atoms with Gasteiger partial charge in [-0.1, -0.05) is 30.3 Å². The van der Waals surface area contributed by atoms with Gasteiger partial charge in [0.1, 0.15) is 12.4 Å². The van der Waals surface area contributed by atoms with Crippen LogP contribution in [0.5, 0.6) is 5.75 Å². The highest BCUT2D eigenvalue weighted by Crippen LogP contribution is 2.38. The number of nitrogens with one attached hydrogen (secondary N) is 1. The summed E-state index contributed by atoms with van der Waals surface area (Å²) in [5, 5.41) is 2.79. The summed E-state index contributed by atoms with van der Waals surface area (Å²) in [7, 11) is 0.969. The van der Waals surface area contributed by atoms with Crippen molar-refractivity contribution in [2.45, 2.75) is 45.5 Å². The molecule has 7 nitrogen and oxygen atoms in total. The van der Waals surface area contributed by atoms with Crippen molar-refractivity contribution in [3.05, 3.63) is 65.4 Å². The lowest BCUT2D eigenvalue weighted by molar-refractivity contribution is 0.00578. The van der Waals surface area contributed by atoms with E-state index in [2.05, 4.69) is 10.3 Å². The first kappa shape index (κ1) is 22.8. The quantitative estimate of drug-likeness (QED) is 0.677. The van der Waals surface area contributed by atoms with Crippen LogP contribution < -0.4 is 10.1 Å². The van der Waals surface area contributed by atoms with Crippen molar-refractivity contribution in [1.29, 1.82) is 0 Å². The number of alkyl carbamates (subject to hydrolysis) is 1. The molecule has 1 saturated heterocycles. The van der Waals surface area contributed by atoms with E-state index in [-0.39, 0.29) is 13.2 Å². The molecule has 0 saturated carbocycles. The molecule has 8 heteroatoms. The second-order valence-corrected chi connectivity index (χ2v) is 8.35. The van der Waals surface area contributed by atoms with Gasteiger partial charge in [-0.05, 0) is 56.9 Å². The lowest BCUT2D eigenvalue weighted by Gasteiger charge is -2.32. The third kappa shape index (κ3) is 5.86. The summed E-state index contributed by atoms with van der Waals surface area (Å²) in [4.78, 5) is 16.6. The normalized spacial score (nSPS) is 17.3. The molecule has 0 spiro atoms. The van der Waals surface area contributed by atoms with Gasteiger partial charge in [0.05, 0.1) is 30.2 Å². The van der Waals surface area contributed by atoms with Crippen LogP contribution in [0.2, 0.25) is 0 Å². The fourth-order valence-corrected chi connectivity index (χ4v) is 2.93. The number of amides is 1. The molecule has 1 aliphatic rings. The van der Waals surface area contributed by atoms with Gasteiger partial charge < -0.3 is 24.1 Å². The van der Waals surface area contributed by atoms with Gasteiger partial charge in [-0.2, -0.15) is 0 Å². The van der Waals surface area contributed by atoms with E-state index >= 15 is 0 Å². The second-order valence-electron chi connectivity index (χ2n) is 8.35. The number of hydrogen-bond acceptors (Lipinski definition) is 6. The van der Waals surface area contributed by atoms with Crippen molar-refractivity contribution in [1.82, 2.24) is 10.3 Å². The number of carbonyl (C=O) groups is 1. The number of nitrogens with zero attached hydrogens (tertiary/aromatic N) is 1. The van der Waals surface area contributed by atoms with Crippen molar-refractivity contribution in [2.24, 2.45) is 0 Å². The minimum absolute atomic E-state index is 0.193. The van der Waals surface area contributed by atoms with Crippen LogP contribution in [0.4, 0.5) is 4.79 Å². The third-order valence-electron chi connectivity index (χ3n) is 5.53. The number of ether oxygens (including phenoxy) is 2. The average molecular weight is 424 g/mol. The Kier molecular flexibility index (Phi) is 7.03. The van der Waals surface area contributed by atoms with Gasteiger partial charge in [-0.25, -0.2) is 4.79 Å². The van der Waals surface area contributed by atoms with Crippen molar-refractivity contribution in [3.63, 3.8) is 0 Å². The van der Waals surface area contributed by atoms with Gasteiger partial charge in [-0.3, -0.25) is 4.98 Å². The van der Waals surface area contributed by atoms with Crippen LogP contribution in [0.15, 0.2) is 54.1 Å². The minimum Gasteiger partial charge on any atom is -0.495 e. The van der Waals surface area contributed by atoms with Gasteiger partial charge in [0.15, 0.2) is 0 Å². The molecule has 1 fully saturated rings. The number of rotatable bonds is 7. The van der Waals surface area contributed by atoms with E-state index in [1.165, 1.54) is 0 Å². The Morgan fingerprint density at radius 1 is 1.10 bits per heavy atom. The predicted octanol–water partition coefficient (Wildman–Crippen LogP) is 4.03. The van der Waals surface area contributed by atoms with E-state index in [4.69, 9.17) is 18.8 Å². The van der Waals surface area contributed by atoms with E-state index in [0.29, 0.717) is 11.4 Å². The first-order valence-electron chi connectivity index (χ1n) is 10.2. The first-order valence-corrected chi connectivity index (χ1v) is 10.2. The molecule has 0 bridgehead atoms. The van der Waals surface area contributed by atoms with E-state index in [1.54, 1.807) is 13.3 Å². The molecule has 2 aromatic rings. The van der Waals surface area contributed by atoms with E-state index in [0.717, 1.165) is 11.0 Å². The van der Waals surface area contributed by atoms with E-state index in [1.807, 2.05) is 76.2 Å². The van der Waals surface area contributed by atoms with Gasteiger partial charge in [0, 0.05) is 6.54 Å². The number of carbonyl (C=O) groups excluding carboxylic acids is 1. The molecule has 3 rings (SSSR count). The summed E-state index contributed by atoms with van der Waals surface area (Å²) in [6.45, 7) is 8.33.